The van der Waals surface area contributed by atoms with Crippen molar-refractivity contribution in [3.8, 4) is 0 Å². The maximum atomic E-state index is 13.4. The van der Waals surface area contributed by atoms with Gasteiger partial charge in [-0.1, -0.05) is 36.9 Å². The first-order valence-electron chi connectivity index (χ1n) is 8.23. The summed E-state index contributed by atoms with van der Waals surface area (Å²) in [5, 5.41) is 0.393. The molecule has 0 spiro atoms. The number of hydrogen-bond donors (Lipinski definition) is 0. The van der Waals surface area contributed by atoms with Crippen LogP contribution in [-0.2, 0) is 9.53 Å². The van der Waals surface area contributed by atoms with Crippen molar-refractivity contribution in [1.29, 1.82) is 0 Å². The van der Waals surface area contributed by atoms with Crippen molar-refractivity contribution < 1.29 is 13.9 Å². The lowest BCUT2D eigenvalue weighted by Gasteiger charge is -2.17. The van der Waals surface area contributed by atoms with Crippen LogP contribution in [0.5, 0.6) is 0 Å². The third-order valence-corrected chi connectivity index (χ3v) is 4.94. The Morgan fingerprint density at radius 2 is 2.28 bits per heavy atom. The fraction of sp³-hybridized carbons (Fsp3) is 0.368. The highest BCUT2D eigenvalue weighted by molar-refractivity contribution is 8.15. The number of aliphatic imine (C=N–C) groups is 1. The van der Waals surface area contributed by atoms with Gasteiger partial charge in [0.15, 0.2) is 5.17 Å². The summed E-state index contributed by atoms with van der Waals surface area (Å²) in [6, 6.07) is 6.07. The van der Waals surface area contributed by atoms with Gasteiger partial charge in [-0.15, -0.1) is 0 Å². The summed E-state index contributed by atoms with van der Waals surface area (Å²) in [4.78, 5) is 19.0. The molecule has 0 aromatic heterocycles. The number of nitrogens with zero attached hydrogens (tertiary/aromatic N) is 2. The molecular formula is C19H23FN2O2S. The quantitative estimate of drug-likeness (QED) is 0.523. The molecule has 4 nitrogen and oxygen atoms in total. The highest BCUT2D eigenvalue weighted by Gasteiger charge is 2.37. The van der Waals surface area contributed by atoms with E-state index in [1.54, 1.807) is 30.4 Å². The average Bonchev–Trinajstić information content (AvgIpc) is 2.88. The van der Waals surface area contributed by atoms with E-state index < -0.39 is 0 Å². The van der Waals surface area contributed by atoms with Gasteiger partial charge in [-0.05, 0) is 43.5 Å². The van der Waals surface area contributed by atoms with Crippen molar-refractivity contribution >= 4 is 28.5 Å². The summed E-state index contributed by atoms with van der Waals surface area (Å²) < 4.78 is 18.5. The van der Waals surface area contributed by atoms with Gasteiger partial charge in [0.2, 0.25) is 5.91 Å². The van der Waals surface area contributed by atoms with E-state index >= 15 is 0 Å². The number of amidine groups is 1. The van der Waals surface area contributed by atoms with E-state index in [0.717, 1.165) is 12.0 Å². The molecule has 1 atom stereocenters. The molecule has 6 heteroatoms. The van der Waals surface area contributed by atoms with Crippen molar-refractivity contribution in [3.63, 3.8) is 0 Å². The number of carbonyl (C=O) groups is 1. The fourth-order valence-electron chi connectivity index (χ4n) is 2.41. The number of allylic oxidation sites excluding steroid dienone is 2. The van der Waals surface area contributed by atoms with Crippen molar-refractivity contribution in [1.82, 2.24) is 4.90 Å². The third-order valence-electron chi connectivity index (χ3n) is 3.74. The number of carbonyl (C=O) groups excluding carboxylic acids is 1. The summed E-state index contributed by atoms with van der Waals surface area (Å²) >= 11 is 1.42. The largest absolute Gasteiger partial charge is 0.504 e. The molecule has 134 valence electrons. The molecule has 0 radical (unpaired) electrons. The molecule has 1 amide bonds. The zero-order valence-electron chi connectivity index (χ0n) is 14.7. The van der Waals surface area contributed by atoms with Crippen molar-refractivity contribution in [2.45, 2.75) is 31.9 Å². The number of ether oxygens (including phenoxy) is 1. The maximum absolute atomic E-state index is 13.4. The van der Waals surface area contributed by atoms with E-state index in [-0.39, 0.29) is 17.0 Å². The van der Waals surface area contributed by atoms with E-state index in [9.17, 15) is 9.18 Å². The molecule has 1 aromatic rings. The molecule has 2 rings (SSSR count). The maximum Gasteiger partial charge on any atom is 0.242 e. The van der Waals surface area contributed by atoms with Crippen molar-refractivity contribution in [2.24, 2.45) is 4.99 Å². The Kier molecular flexibility index (Phi) is 7.25. The zero-order valence-corrected chi connectivity index (χ0v) is 15.6. The van der Waals surface area contributed by atoms with E-state index in [1.807, 2.05) is 26.0 Å². The summed E-state index contributed by atoms with van der Waals surface area (Å²) in [5.74, 6) is -0.324. The first-order chi connectivity index (χ1) is 12.1. The van der Waals surface area contributed by atoms with Crippen LogP contribution in [0, 0.1) is 5.82 Å². The van der Waals surface area contributed by atoms with E-state index in [0.29, 0.717) is 23.8 Å². The molecule has 0 bridgehead atoms. The fourth-order valence-corrected chi connectivity index (χ4v) is 3.54. The molecule has 25 heavy (non-hydrogen) atoms. The molecule has 1 fully saturated rings. The molecule has 1 aliphatic rings. The van der Waals surface area contributed by atoms with Crippen LogP contribution in [0.4, 0.5) is 10.1 Å². The van der Waals surface area contributed by atoms with Crippen LogP contribution >= 0.6 is 11.8 Å². The number of benzene rings is 1. The van der Waals surface area contributed by atoms with E-state index in [1.165, 1.54) is 23.9 Å². The molecule has 0 saturated carbocycles. The Bertz CT molecular complexity index is 700. The minimum Gasteiger partial charge on any atom is -0.504 e. The van der Waals surface area contributed by atoms with Gasteiger partial charge < -0.3 is 4.74 Å². The van der Waals surface area contributed by atoms with E-state index in [2.05, 4.69) is 4.99 Å². The second-order valence-corrected chi connectivity index (χ2v) is 6.75. The van der Waals surface area contributed by atoms with Crippen LogP contribution in [0.15, 0.2) is 53.2 Å². The van der Waals surface area contributed by atoms with Crippen LogP contribution in [0.2, 0.25) is 0 Å². The first-order valence-corrected chi connectivity index (χ1v) is 9.11. The summed E-state index contributed by atoms with van der Waals surface area (Å²) in [6.07, 6.45) is 6.99. The monoisotopic (exact) mass is 362 g/mol. The zero-order chi connectivity index (χ0) is 18.2. The van der Waals surface area contributed by atoms with Crippen molar-refractivity contribution in [3.05, 3.63) is 54.1 Å². The highest BCUT2D eigenvalue weighted by atomic mass is 32.2. The second kappa shape index (κ2) is 9.42. The van der Waals surface area contributed by atoms with Crippen LogP contribution in [0.1, 0.15) is 26.7 Å². The average molecular weight is 362 g/mol. The van der Waals surface area contributed by atoms with Crippen molar-refractivity contribution in [2.75, 3.05) is 13.7 Å². The predicted molar refractivity (Wildman–Crippen MR) is 101 cm³/mol. The lowest BCUT2D eigenvalue weighted by atomic mass is 10.2. The van der Waals surface area contributed by atoms with Gasteiger partial charge in [-0.2, -0.15) is 0 Å². The number of amides is 1. The first kappa shape index (κ1) is 19.2. The number of halogens is 1. The van der Waals surface area contributed by atoms with Gasteiger partial charge in [-0.3, -0.25) is 9.69 Å². The van der Waals surface area contributed by atoms with Crippen LogP contribution in [0.25, 0.3) is 0 Å². The SMILES string of the molecule is C/C=C\CC1SC(=Nc2cccc(F)c2)N(C/C(=C/OC)CC)C1=O. The minimum absolute atomic E-state index is 0.0220. The summed E-state index contributed by atoms with van der Waals surface area (Å²) in [5.41, 5.74) is 1.50. The predicted octanol–water partition coefficient (Wildman–Crippen LogP) is 4.66. The number of rotatable bonds is 7. The number of methoxy groups -OCH3 is 1. The standard InChI is InChI=1S/C19H23FN2O2S/c1-4-6-10-17-18(23)22(12-14(5-2)13-24-3)19(25-17)21-16-9-7-8-15(20)11-16/h4,6-9,11,13,17H,5,10,12H2,1-3H3/b6-4-,14-13+,21-19?. The lowest BCUT2D eigenvalue weighted by Crippen LogP contribution is -2.33. The molecule has 0 N–H and O–H groups in total. The Morgan fingerprint density at radius 1 is 1.48 bits per heavy atom. The Hall–Kier alpha value is -2.08. The minimum atomic E-state index is -0.346. The Labute approximate surface area is 152 Å². The third kappa shape index (κ3) is 5.19. The van der Waals surface area contributed by atoms with Crippen LogP contribution < -0.4 is 0 Å². The smallest absolute Gasteiger partial charge is 0.242 e. The second-order valence-electron chi connectivity index (χ2n) is 5.58. The molecule has 1 heterocycles. The van der Waals surface area contributed by atoms with Crippen LogP contribution in [-0.4, -0.2) is 34.9 Å². The van der Waals surface area contributed by atoms with Gasteiger partial charge >= 0.3 is 0 Å². The summed E-state index contributed by atoms with van der Waals surface area (Å²) in [7, 11) is 1.59. The Balaban J connectivity index is 2.32. The van der Waals surface area contributed by atoms with E-state index in [4.69, 9.17) is 4.74 Å². The highest BCUT2D eigenvalue weighted by Crippen LogP contribution is 2.32. The molecule has 1 aromatic carbocycles. The van der Waals surface area contributed by atoms with Gasteiger partial charge in [0, 0.05) is 0 Å². The Morgan fingerprint density at radius 3 is 2.92 bits per heavy atom. The van der Waals surface area contributed by atoms with Gasteiger partial charge in [-0.25, -0.2) is 9.38 Å². The normalized spacial score (nSPS) is 20.1. The van der Waals surface area contributed by atoms with Gasteiger partial charge in [0.25, 0.3) is 0 Å². The molecule has 1 unspecified atom stereocenters. The number of hydrogen-bond acceptors (Lipinski definition) is 4. The molecule has 0 aliphatic carbocycles. The topological polar surface area (TPSA) is 41.9 Å². The molecule has 1 saturated heterocycles. The van der Waals surface area contributed by atoms with Gasteiger partial charge in [0.1, 0.15) is 5.82 Å². The summed E-state index contributed by atoms with van der Waals surface area (Å²) in [6.45, 7) is 4.37. The van der Waals surface area contributed by atoms with Gasteiger partial charge in [0.05, 0.1) is 30.9 Å². The molecule has 1 aliphatic heterocycles. The number of thioether (sulfide) groups is 1. The lowest BCUT2D eigenvalue weighted by molar-refractivity contribution is -0.125. The molecular weight excluding hydrogens is 339 g/mol. The van der Waals surface area contributed by atoms with Crippen LogP contribution in [0.3, 0.4) is 0 Å².